The Morgan fingerprint density at radius 1 is 1.14 bits per heavy atom. The van der Waals surface area contributed by atoms with E-state index in [1.54, 1.807) is 12.1 Å². The summed E-state index contributed by atoms with van der Waals surface area (Å²) in [6.45, 7) is 0.523. The lowest BCUT2D eigenvalue weighted by atomic mass is 10.1. The molecule has 1 amide bonds. The highest BCUT2D eigenvalue weighted by molar-refractivity contribution is 6.30. The van der Waals surface area contributed by atoms with Crippen LogP contribution in [0.4, 0.5) is 0 Å². The third-order valence-electron chi connectivity index (χ3n) is 3.83. The fourth-order valence-electron chi connectivity index (χ4n) is 2.50. The van der Waals surface area contributed by atoms with Crippen molar-refractivity contribution >= 4 is 17.5 Å². The first-order chi connectivity index (χ1) is 10.1. The van der Waals surface area contributed by atoms with E-state index in [1.807, 2.05) is 36.4 Å². The molecular formula is C17H16ClNO2. The van der Waals surface area contributed by atoms with Crippen LogP contribution < -0.4 is 5.32 Å². The second kappa shape index (κ2) is 5.78. The van der Waals surface area contributed by atoms with Crippen LogP contribution in [0.5, 0.6) is 5.75 Å². The second-order valence-corrected chi connectivity index (χ2v) is 5.82. The summed E-state index contributed by atoms with van der Waals surface area (Å²) in [5.74, 6) is 0.656. The molecule has 0 saturated heterocycles. The summed E-state index contributed by atoms with van der Waals surface area (Å²) in [5, 5.41) is 12.9. The predicted octanol–water partition coefficient (Wildman–Crippen LogP) is 3.47. The zero-order valence-corrected chi connectivity index (χ0v) is 12.2. The van der Waals surface area contributed by atoms with Crippen LogP contribution in [0.25, 0.3) is 0 Å². The van der Waals surface area contributed by atoms with Crippen LogP contribution in [0.2, 0.25) is 5.02 Å². The molecule has 2 aromatic carbocycles. The molecule has 108 valence electrons. The number of rotatable bonds is 4. The first-order valence-electron chi connectivity index (χ1n) is 6.94. The highest BCUT2D eigenvalue weighted by Crippen LogP contribution is 2.47. The van der Waals surface area contributed by atoms with Gasteiger partial charge in [-0.05, 0) is 47.7 Å². The van der Waals surface area contributed by atoms with Crippen molar-refractivity contribution in [3.63, 3.8) is 0 Å². The lowest BCUT2D eigenvalue weighted by molar-refractivity contribution is -0.122. The number of carbonyl (C=O) groups is 1. The highest BCUT2D eigenvalue weighted by Gasteiger charge is 2.43. The van der Waals surface area contributed by atoms with E-state index in [4.69, 9.17) is 11.6 Å². The average Bonchev–Trinajstić information content (AvgIpc) is 3.28. The number of carbonyl (C=O) groups excluding carboxylic acids is 1. The van der Waals surface area contributed by atoms with Gasteiger partial charge >= 0.3 is 0 Å². The van der Waals surface area contributed by atoms with Crippen LogP contribution in [0.1, 0.15) is 23.5 Å². The Balaban J connectivity index is 1.53. The average molecular weight is 302 g/mol. The first-order valence-corrected chi connectivity index (χ1v) is 7.32. The standard InChI is InChI=1S/C17H16ClNO2/c18-13-5-1-11(2-6-13)10-19-17(21)16-9-15(16)12-3-7-14(20)8-4-12/h1-8,15-16,20H,9-10H2,(H,19,21). The molecule has 0 aliphatic heterocycles. The molecule has 1 saturated carbocycles. The van der Waals surface area contributed by atoms with Gasteiger partial charge in [0.2, 0.25) is 5.91 Å². The Kier molecular flexibility index (Phi) is 3.84. The van der Waals surface area contributed by atoms with Crippen molar-refractivity contribution in [1.29, 1.82) is 0 Å². The van der Waals surface area contributed by atoms with Gasteiger partial charge in [0, 0.05) is 17.5 Å². The summed E-state index contributed by atoms with van der Waals surface area (Å²) < 4.78 is 0. The summed E-state index contributed by atoms with van der Waals surface area (Å²) in [6, 6.07) is 14.5. The molecule has 0 radical (unpaired) electrons. The van der Waals surface area contributed by atoms with Gasteiger partial charge in [0.05, 0.1) is 0 Å². The zero-order valence-electron chi connectivity index (χ0n) is 11.4. The number of amides is 1. The van der Waals surface area contributed by atoms with Crippen LogP contribution in [0, 0.1) is 5.92 Å². The van der Waals surface area contributed by atoms with Crippen molar-refractivity contribution in [3.05, 3.63) is 64.7 Å². The molecule has 1 aliphatic carbocycles. The molecule has 1 fully saturated rings. The van der Waals surface area contributed by atoms with Gasteiger partial charge in [-0.1, -0.05) is 35.9 Å². The van der Waals surface area contributed by atoms with E-state index in [2.05, 4.69) is 5.32 Å². The zero-order chi connectivity index (χ0) is 14.8. The summed E-state index contributed by atoms with van der Waals surface area (Å²) >= 11 is 5.83. The molecule has 2 atom stereocenters. The quantitative estimate of drug-likeness (QED) is 0.908. The Bertz CT molecular complexity index is 637. The third-order valence-corrected chi connectivity index (χ3v) is 4.08. The number of halogens is 1. The first kappa shape index (κ1) is 14.0. The number of phenolic OH excluding ortho intramolecular Hbond substituents is 1. The Morgan fingerprint density at radius 2 is 1.81 bits per heavy atom. The molecule has 3 nitrogen and oxygen atoms in total. The molecule has 0 spiro atoms. The van der Waals surface area contributed by atoms with Crippen LogP contribution in [-0.2, 0) is 11.3 Å². The molecule has 2 N–H and O–H groups in total. The molecule has 4 heteroatoms. The molecule has 0 heterocycles. The molecule has 21 heavy (non-hydrogen) atoms. The Hall–Kier alpha value is -2.00. The number of phenols is 1. The molecule has 2 unspecified atom stereocenters. The summed E-state index contributed by atoms with van der Waals surface area (Å²) in [6.07, 6.45) is 0.872. The van der Waals surface area contributed by atoms with Crippen LogP contribution >= 0.6 is 11.6 Å². The van der Waals surface area contributed by atoms with E-state index in [9.17, 15) is 9.90 Å². The van der Waals surface area contributed by atoms with Crippen molar-refractivity contribution in [1.82, 2.24) is 5.32 Å². The SMILES string of the molecule is O=C(NCc1ccc(Cl)cc1)C1CC1c1ccc(O)cc1. The van der Waals surface area contributed by atoms with E-state index in [0.717, 1.165) is 17.5 Å². The molecule has 0 aromatic heterocycles. The summed E-state index contributed by atoms with van der Waals surface area (Å²) in [4.78, 5) is 12.1. The maximum Gasteiger partial charge on any atom is 0.224 e. The largest absolute Gasteiger partial charge is 0.508 e. The maximum atomic E-state index is 12.1. The minimum absolute atomic E-state index is 0.0434. The monoisotopic (exact) mass is 301 g/mol. The summed E-state index contributed by atoms with van der Waals surface area (Å²) in [7, 11) is 0. The minimum Gasteiger partial charge on any atom is -0.508 e. The normalized spacial score (nSPS) is 20.0. The minimum atomic E-state index is 0.0434. The van der Waals surface area contributed by atoms with Gasteiger partial charge in [-0.25, -0.2) is 0 Å². The van der Waals surface area contributed by atoms with Gasteiger partial charge in [0.15, 0.2) is 0 Å². The van der Waals surface area contributed by atoms with Crippen LogP contribution in [0.15, 0.2) is 48.5 Å². The number of aromatic hydroxyl groups is 1. The highest BCUT2D eigenvalue weighted by atomic mass is 35.5. The molecule has 2 aromatic rings. The third kappa shape index (κ3) is 3.37. The lowest BCUT2D eigenvalue weighted by Crippen LogP contribution is -2.24. The van der Waals surface area contributed by atoms with E-state index in [-0.39, 0.29) is 23.5 Å². The van der Waals surface area contributed by atoms with Crippen LogP contribution in [0.3, 0.4) is 0 Å². The molecular weight excluding hydrogens is 286 g/mol. The van der Waals surface area contributed by atoms with Gasteiger partial charge in [0.25, 0.3) is 0 Å². The van der Waals surface area contributed by atoms with Crippen molar-refractivity contribution in [2.75, 3.05) is 0 Å². The van der Waals surface area contributed by atoms with Gasteiger partial charge in [0.1, 0.15) is 5.75 Å². The Morgan fingerprint density at radius 3 is 2.48 bits per heavy atom. The maximum absolute atomic E-state index is 12.1. The molecule has 1 aliphatic rings. The van der Waals surface area contributed by atoms with Crippen molar-refractivity contribution in [2.45, 2.75) is 18.9 Å². The van der Waals surface area contributed by atoms with E-state index >= 15 is 0 Å². The van der Waals surface area contributed by atoms with E-state index in [1.165, 1.54) is 0 Å². The summed E-state index contributed by atoms with van der Waals surface area (Å²) in [5.41, 5.74) is 2.15. The van der Waals surface area contributed by atoms with Crippen molar-refractivity contribution < 1.29 is 9.90 Å². The number of hydrogen-bond acceptors (Lipinski definition) is 2. The number of nitrogens with one attached hydrogen (secondary N) is 1. The second-order valence-electron chi connectivity index (χ2n) is 5.38. The number of benzene rings is 2. The molecule has 3 rings (SSSR count). The van der Waals surface area contributed by atoms with Gasteiger partial charge in [-0.2, -0.15) is 0 Å². The Labute approximate surface area is 128 Å². The van der Waals surface area contributed by atoms with Gasteiger partial charge in [-0.3, -0.25) is 4.79 Å². The smallest absolute Gasteiger partial charge is 0.224 e. The fourth-order valence-corrected chi connectivity index (χ4v) is 2.62. The van der Waals surface area contributed by atoms with Gasteiger partial charge in [-0.15, -0.1) is 0 Å². The van der Waals surface area contributed by atoms with E-state index in [0.29, 0.717) is 11.6 Å². The van der Waals surface area contributed by atoms with Crippen molar-refractivity contribution in [3.8, 4) is 5.75 Å². The van der Waals surface area contributed by atoms with Gasteiger partial charge < -0.3 is 10.4 Å². The number of hydrogen-bond donors (Lipinski definition) is 2. The molecule has 0 bridgehead atoms. The topological polar surface area (TPSA) is 49.3 Å². The lowest BCUT2D eigenvalue weighted by Gasteiger charge is -2.05. The predicted molar refractivity (Wildman–Crippen MR) is 82.3 cm³/mol. The van der Waals surface area contributed by atoms with Crippen LogP contribution in [-0.4, -0.2) is 11.0 Å². The van der Waals surface area contributed by atoms with E-state index < -0.39 is 0 Å². The fraction of sp³-hybridized carbons (Fsp3) is 0.235. The van der Waals surface area contributed by atoms with Crippen molar-refractivity contribution in [2.24, 2.45) is 5.92 Å².